The molecule has 0 saturated carbocycles. The van der Waals surface area contributed by atoms with Crippen LogP contribution >= 0.6 is 0 Å². The Morgan fingerprint density at radius 1 is 0.600 bits per heavy atom. The first-order chi connectivity index (χ1) is 5.20. The Labute approximate surface area is 135 Å². The summed E-state index contributed by atoms with van der Waals surface area (Å²) < 4.78 is 0. The fourth-order valence-electron chi connectivity index (χ4n) is 0. The molecule has 0 heterocycles. The van der Waals surface area contributed by atoms with Gasteiger partial charge in [-0.1, -0.05) is 0 Å². The summed E-state index contributed by atoms with van der Waals surface area (Å²) in [4.78, 5) is 24.8. The topological polar surface area (TPSA) is 199 Å². The van der Waals surface area contributed by atoms with E-state index in [1.54, 1.807) is 0 Å². The Hall–Kier alpha value is -0.0104. The zero-order valence-electron chi connectivity index (χ0n) is 6.13. The van der Waals surface area contributed by atoms with Crippen molar-refractivity contribution in [2.75, 3.05) is 0 Å². The van der Waals surface area contributed by atoms with Gasteiger partial charge in [-0.05, 0) is 0 Å². The third kappa shape index (κ3) is 18600000. The van der Waals surface area contributed by atoms with E-state index in [2.05, 4.69) is 0 Å². The number of nitrogens with zero attached hydrogens (tertiary/aromatic N) is 3. The van der Waals surface area contributed by atoms with Crippen LogP contribution in [0, 0.1) is 87.7 Å². The van der Waals surface area contributed by atoms with Crippen molar-refractivity contribution < 1.29 is 90.6 Å². The van der Waals surface area contributed by atoms with E-state index in [9.17, 15) is 0 Å². The van der Waals surface area contributed by atoms with Crippen LogP contribution in [0.5, 0.6) is 0 Å². The zero-order valence-corrected chi connectivity index (χ0v) is 11.2. The maximum Gasteiger partial charge on any atom is 3.00 e. The van der Waals surface area contributed by atoms with Crippen molar-refractivity contribution in [1.82, 2.24) is 0 Å². The number of rotatable bonds is 0. The van der Waals surface area contributed by atoms with Gasteiger partial charge in [0.15, 0.2) is 0 Å². The SMILES string of the molecule is O=[N+]([O-])[O-].O=[N+]([O-])[O-].O=[N+]([O-])[O-].[Ce+3].[Cu+2].[Ni+2]. The normalized spacial score (nSPS) is 4.80. The van der Waals surface area contributed by atoms with Gasteiger partial charge < -0.3 is 46.0 Å². The van der Waals surface area contributed by atoms with Crippen LogP contribution in [0.1, 0.15) is 0 Å². The summed E-state index contributed by atoms with van der Waals surface area (Å²) in [6.45, 7) is 0. The van der Waals surface area contributed by atoms with Crippen molar-refractivity contribution in [3.05, 3.63) is 46.0 Å². The van der Waals surface area contributed by atoms with E-state index >= 15 is 0 Å². The molecule has 0 unspecified atom stereocenters. The third-order valence-corrected chi connectivity index (χ3v) is 0. The van der Waals surface area contributed by atoms with Gasteiger partial charge in [-0.2, -0.15) is 0 Å². The second-order valence-corrected chi connectivity index (χ2v) is 0.671. The van der Waals surface area contributed by atoms with Crippen LogP contribution in [0.4, 0.5) is 0 Å². The van der Waals surface area contributed by atoms with Crippen molar-refractivity contribution in [2.45, 2.75) is 0 Å². The van der Waals surface area contributed by atoms with Gasteiger partial charge in [-0.3, -0.25) is 0 Å². The molecule has 0 spiro atoms. The smallest absolute Gasteiger partial charge is 0.356 e. The Morgan fingerprint density at radius 3 is 0.600 bits per heavy atom. The van der Waals surface area contributed by atoms with E-state index in [0.29, 0.717) is 0 Å². The molecule has 0 saturated heterocycles. The predicted octanol–water partition coefficient (Wildman–Crippen LogP) is -0.722. The monoisotopic (exact) mass is 447 g/mol. The van der Waals surface area contributed by atoms with Crippen molar-refractivity contribution >= 4 is 0 Å². The number of hydrogen-bond acceptors (Lipinski definition) is 9. The first-order valence-electron chi connectivity index (χ1n) is 1.64. The van der Waals surface area contributed by atoms with E-state index < -0.39 is 15.3 Å². The summed E-state index contributed by atoms with van der Waals surface area (Å²) >= 11 is 0. The first kappa shape index (κ1) is 36.3. The maximum absolute atomic E-state index is 8.25. The average molecular weight is 448 g/mol. The zero-order chi connectivity index (χ0) is 10.7. The summed E-state index contributed by atoms with van der Waals surface area (Å²) in [6, 6.07) is 0. The Morgan fingerprint density at radius 2 is 0.600 bits per heavy atom. The molecule has 90 valence electrons. The third-order valence-electron chi connectivity index (χ3n) is 0. The van der Waals surface area contributed by atoms with Crippen molar-refractivity contribution in [1.29, 1.82) is 0 Å². The van der Waals surface area contributed by atoms with Crippen molar-refractivity contribution in [3.8, 4) is 0 Å². The molecule has 0 amide bonds. The van der Waals surface area contributed by atoms with Gasteiger partial charge >= 0.3 is 75.3 Å². The van der Waals surface area contributed by atoms with E-state index in [1.807, 2.05) is 0 Å². The number of hydrogen-bond donors (Lipinski definition) is 0. The van der Waals surface area contributed by atoms with Gasteiger partial charge in [-0.25, -0.2) is 0 Å². The molecule has 0 fully saturated rings. The van der Waals surface area contributed by atoms with Gasteiger partial charge in [0.05, 0.1) is 15.3 Å². The van der Waals surface area contributed by atoms with E-state index in [1.165, 1.54) is 0 Å². The van der Waals surface area contributed by atoms with Crippen LogP contribution in [0.2, 0.25) is 0 Å². The first-order valence-corrected chi connectivity index (χ1v) is 1.64. The molecule has 0 aliphatic carbocycles. The second-order valence-electron chi connectivity index (χ2n) is 0.671. The fraction of sp³-hybridized carbons (Fsp3) is 0. The van der Waals surface area contributed by atoms with Crippen LogP contribution in [-0.4, -0.2) is 15.3 Å². The summed E-state index contributed by atoms with van der Waals surface area (Å²) in [5.41, 5.74) is 0. The van der Waals surface area contributed by atoms with Gasteiger partial charge in [0, 0.05) is 0 Å². The molecule has 0 rings (SSSR count). The molecule has 0 aromatic heterocycles. The average Bonchev–Trinajstić information content (AvgIpc) is 1.54. The van der Waals surface area contributed by atoms with Crippen LogP contribution < -0.4 is 0 Å². The minimum Gasteiger partial charge on any atom is -0.356 e. The van der Waals surface area contributed by atoms with Crippen LogP contribution in [0.15, 0.2) is 0 Å². The van der Waals surface area contributed by atoms with Crippen LogP contribution in [-0.2, 0) is 33.6 Å². The molecule has 0 aromatic rings. The van der Waals surface area contributed by atoms with Crippen molar-refractivity contribution in [2.24, 2.45) is 0 Å². The van der Waals surface area contributed by atoms with Crippen molar-refractivity contribution in [3.63, 3.8) is 0 Å². The molecule has 0 aliphatic heterocycles. The van der Waals surface area contributed by atoms with E-state index in [4.69, 9.17) is 46.0 Å². The molecule has 15 heteroatoms. The van der Waals surface area contributed by atoms with Gasteiger partial charge in [0.1, 0.15) is 0 Å². The standard InChI is InChI=1S/Ce.Cu.3NO3.Ni/c;;3*2-1(3)4;/q+3;+2;3*-1;+2. The Kier molecular flexibility index (Phi) is 70.7. The fourth-order valence-corrected chi connectivity index (χ4v) is 0. The summed E-state index contributed by atoms with van der Waals surface area (Å²) in [5, 5.41) is 44.2. The molecule has 0 bridgehead atoms. The summed E-state index contributed by atoms with van der Waals surface area (Å²) in [7, 11) is 0. The van der Waals surface area contributed by atoms with Gasteiger partial charge in [-0.15, -0.1) is 0 Å². The second kappa shape index (κ2) is 29.2. The van der Waals surface area contributed by atoms with Gasteiger partial charge in [0.2, 0.25) is 0 Å². The molecular weight excluding hydrogens is 448 g/mol. The van der Waals surface area contributed by atoms with E-state index in [-0.39, 0.29) is 75.3 Å². The Balaban J connectivity index is -0.0000000184. The predicted molar refractivity (Wildman–Crippen MR) is 31.1 cm³/mol. The quantitative estimate of drug-likeness (QED) is 0.260. The molecule has 0 aliphatic rings. The van der Waals surface area contributed by atoms with Gasteiger partial charge in [0.25, 0.3) is 0 Å². The molecule has 2 radical (unpaired) electrons. The van der Waals surface area contributed by atoms with Crippen LogP contribution in [0.25, 0.3) is 0 Å². The minimum atomic E-state index is -1.75. The molecular formula is CeCuN3NiO9+4. The molecule has 12 nitrogen and oxygen atoms in total. The van der Waals surface area contributed by atoms with Crippen LogP contribution in [0.3, 0.4) is 0 Å². The summed E-state index contributed by atoms with van der Waals surface area (Å²) in [6.07, 6.45) is 0. The molecule has 15 heavy (non-hydrogen) atoms. The van der Waals surface area contributed by atoms with E-state index in [0.717, 1.165) is 0 Å². The minimum absolute atomic E-state index is 0. The Bertz CT molecular complexity index is 123. The largest absolute Gasteiger partial charge is 3.00 e. The maximum atomic E-state index is 8.25. The molecule has 0 atom stereocenters. The molecule has 0 N–H and O–H groups in total. The molecule has 0 aromatic carbocycles. The summed E-state index contributed by atoms with van der Waals surface area (Å²) in [5.74, 6) is 0.